The number of nitrogens with one attached hydrogen (secondary N) is 1. The summed E-state index contributed by atoms with van der Waals surface area (Å²) >= 11 is 1.38. The molecule has 3 N–H and O–H groups in total. The molecule has 170 valence electrons. The number of aromatic nitrogens is 5. The number of nitrogen functional groups attached to an aromatic ring is 1. The number of benzene rings is 2. The van der Waals surface area contributed by atoms with Gasteiger partial charge in [0.2, 0.25) is 11.1 Å². The quantitative estimate of drug-likeness (QED) is 0.303. The Balaban J connectivity index is 1.36. The number of amides is 1. The van der Waals surface area contributed by atoms with E-state index in [2.05, 4.69) is 20.6 Å². The van der Waals surface area contributed by atoms with Gasteiger partial charge in [-0.05, 0) is 50.2 Å². The maximum absolute atomic E-state index is 12.6. The molecule has 0 atom stereocenters. The van der Waals surface area contributed by atoms with Gasteiger partial charge in [0.15, 0.2) is 5.82 Å². The van der Waals surface area contributed by atoms with E-state index < -0.39 is 0 Å². The SMILES string of the molecule is COc1ccc(-c2nnc(SCCC(=O)Nc3c(C)nn(-c4ccccc4)c3C)n2N)cc1. The van der Waals surface area contributed by atoms with Crippen LogP contribution in [-0.4, -0.2) is 43.4 Å². The van der Waals surface area contributed by atoms with Gasteiger partial charge in [-0.3, -0.25) is 4.79 Å². The molecule has 1 amide bonds. The molecular weight excluding hydrogens is 438 g/mol. The van der Waals surface area contributed by atoms with Crippen LogP contribution in [0.15, 0.2) is 59.8 Å². The maximum atomic E-state index is 12.6. The average Bonchev–Trinajstić information content (AvgIpc) is 3.34. The zero-order valence-corrected chi connectivity index (χ0v) is 19.5. The van der Waals surface area contributed by atoms with Gasteiger partial charge >= 0.3 is 0 Å². The van der Waals surface area contributed by atoms with Gasteiger partial charge in [-0.1, -0.05) is 30.0 Å². The zero-order chi connectivity index (χ0) is 23.4. The molecule has 4 aromatic rings. The number of aryl methyl sites for hydroxylation is 1. The summed E-state index contributed by atoms with van der Waals surface area (Å²) in [4.78, 5) is 12.6. The van der Waals surface area contributed by atoms with Gasteiger partial charge in [-0.15, -0.1) is 10.2 Å². The first-order chi connectivity index (χ1) is 16.0. The number of hydrogen-bond donors (Lipinski definition) is 2. The number of nitrogens with zero attached hydrogens (tertiary/aromatic N) is 5. The van der Waals surface area contributed by atoms with Gasteiger partial charge in [-0.2, -0.15) is 5.10 Å². The van der Waals surface area contributed by atoms with Crippen LogP contribution in [0.25, 0.3) is 17.1 Å². The molecule has 0 spiro atoms. The molecule has 0 bridgehead atoms. The number of para-hydroxylation sites is 1. The second-order valence-corrected chi connectivity index (χ2v) is 8.41. The molecule has 0 radical (unpaired) electrons. The lowest BCUT2D eigenvalue weighted by Crippen LogP contribution is -2.15. The molecule has 0 aliphatic rings. The van der Waals surface area contributed by atoms with Gasteiger partial charge < -0.3 is 15.9 Å². The highest BCUT2D eigenvalue weighted by atomic mass is 32.2. The lowest BCUT2D eigenvalue weighted by molar-refractivity contribution is -0.115. The van der Waals surface area contributed by atoms with Crippen molar-refractivity contribution in [3.63, 3.8) is 0 Å². The van der Waals surface area contributed by atoms with Crippen molar-refractivity contribution in [2.75, 3.05) is 24.0 Å². The molecule has 4 rings (SSSR count). The lowest BCUT2D eigenvalue weighted by atomic mass is 10.2. The second kappa shape index (κ2) is 9.78. The van der Waals surface area contributed by atoms with Crippen LogP contribution in [0.1, 0.15) is 17.8 Å². The summed E-state index contributed by atoms with van der Waals surface area (Å²) in [6.45, 7) is 3.82. The highest BCUT2D eigenvalue weighted by Crippen LogP contribution is 2.25. The highest BCUT2D eigenvalue weighted by Gasteiger charge is 2.16. The van der Waals surface area contributed by atoms with E-state index in [4.69, 9.17) is 10.6 Å². The summed E-state index contributed by atoms with van der Waals surface area (Å²) in [6.07, 6.45) is 0.296. The van der Waals surface area contributed by atoms with Gasteiger partial charge in [0.1, 0.15) is 5.75 Å². The predicted octanol–water partition coefficient (Wildman–Crippen LogP) is 3.59. The molecule has 33 heavy (non-hydrogen) atoms. The minimum atomic E-state index is -0.0974. The molecule has 2 heterocycles. The van der Waals surface area contributed by atoms with Crippen LogP contribution in [0.2, 0.25) is 0 Å². The fraction of sp³-hybridized carbons (Fsp3) is 0.217. The van der Waals surface area contributed by atoms with Crippen LogP contribution in [0.3, 0.4) is 0 Å². The third-order valence-corrected chi connectivity index (χ3v) is 6.07. The van der Waals surface area contributed by atoms with Crippen molar-refractivity contribution in [1.29, 1.82) is 0 Å². The van der Waals surface area contributed by atoms with Crippen LogP contribution in [0.4, 0.5) is 5.69 Å². The van der Waals surface area contributed by atoms with Crippen molar-refractivity contribution >= 4 is 23.4 Å². The normalized spacial score (nSPS) is 10.9. The highest BCUT2D eigenvalue weighted by molar-refractivity contribution is 7.99. The summed E-state index contributed by atoms with van der Waals surface area (Å²) in [6, 6.07) is 17.2. The Morgan fingerprint density at radius 1 is 1.09 bits per heavy atom. The molecular formula is C23H25N7O2S. The van der Waals surface area contributed by atoms with Crippen molar-refractivity contribution in [2.24, 2.45) is 0 Å². The van der Waals surface area contributed by atoms with Gasteiger partial charge in [-0.25, -0.2) is 9.36 Å². The van der Waals surface area contributed by atoms with Crippen LogP contribution in [0, 0.1) is 13.8 Å². The fourth-order valence-electron chi connectivity index (χ4n) is 3.39. The first kappa shape index (κ1) is 22.4. The van der Waals surface area contributed by atoms with Crippen LogP contribution in [-0.2, 0) is 4.79 Å². The summed E-state index contributed by atoms with van der Waals surface area (Å²) in [5, 5.41) is 16.4. The van der Waals surface area contributed by atoms with Gasteiger partial charge in [0, 0.05) is 17.7 Å². The molecule has 10 heteroatoms. The summed E-state index contributed by atoms with van der Waals surface area (Å²) in [5.41, 5.74) is 4.16. The van der Waals surface area contributed by atoms with Crippen molar-refractivity contribution in [3.8, 4) is 22.8 Å². The lowest BCUT2D eigenvalue weighted by Gasteiger charge is -2.07. The minimum Gasteiger partial charge on any atom is -0.497 e. The van der Waals surface area contributed by atoms with E-state index in [9.17, 15) is 4.79 Å². The number of carbonyl (C=O) groups is 1. The van der Waals surface area contributed by atoms with Crippen molar-refractivity contribution in [2.45, 2.75) is 25.4 Å². The molecule has 2 aromatic heterocycles. The van der Waals surface area contributed by atoms with Crippen molar-refractivity contribution in [3.05, 3.63) is 66.0 Å². The van der Waals surface area contributed by atoms with Gasteiger partial charge in [0.25, 0.3) is 0 Å². The number of hydrogen-bond acceptors (Lipinski definition) is 7. The molecule has 0 saturated carbocycles. The van der Waals surface area contributed by atoms with E-state index >= 15 is 0 Å². The third kappa shape index (κ3) is 4.85. The van der Waals surface area contributed by atoms with E-state index in [1.165, 1.54) is 16.4 Å². The zero-order valence-electron chi connectivity index (χ0n) is 18.6. The minimum absolute atomic E-state index is 0.0974. The molecule has 0 fully saturated rings. The Labute approximate surface area is 195 Å². The number of rotatable bonds is 8. The summed E-state index contributed by atoms with van der Waals surface area (Å²) < 4.78 is 8.44. The largest absolute Gasteiger partial charge is 0.497 e. The number of ether oxygens (including phenoxy) is 1. The van der Waals surface area contributed by atoms with Crippen LogP contribution < -0.4 is 15.9 Å². The Bertz CT molecular complexity index is 1250. The molecule has 0 aliphatic heterocycles. The molecule has 0 unspecified atom stereocenters. The molecule has 0 saturated heterocycles. The maximum Gasteiger partial charge on any atom is 0.225 e. The van der Waals surface area contributed by atoms with Crippen molar-refractivity contribution < 1.29 is 9.53 Å². The van der Waals surface area contributed by atoms with E-state index in [-0.39, 0.29) is 5.91 Å². The average molecular weight is 464 g/mol. The standard InChI is InChI=1S/C23H25N7O2S/c1-15-21(16(2)30(28-15)18-7-5-4-6-8-18)25-20(31)13-14-33-23-27-26-22(29(23)24)17-9-11-19(32-3)12-10-17/h4-12H,13-14,24H2,1-3H3,(H,25,31). The van der Waals surface area contributed by atoms with Crippen LogP contribution in [0.5, 0.6) is 5.75 Å². The van der Waals surface area contributed by atoms with E-state index in [0.29, 0.717) is 23.2 Å². The van der Waals surface area contributed by atoms with E-state index in [1.54, 1.807) is 7.11 Å². The number of carbonyl (C=O) groups excluding carboxylic acids is 1. The number of methoxy groups -OCH3 is 1. The summed E-state index contributed by atoms with van der Waals surface area (Å²) in [7, 11) is 1.61. The first-order valence-corrected chi connectivity index (χ1v) is 11.4. The monoisotopic (exact) mass is 463 g/mol. The van der Waals surface area contributed by atoms with Gasteiger partial charge in [0.05, 0.1) is 29.9 Å². The number of anilines is 1. The van der Waals surface area contributed by atoms with E-state index in [0.717, 1.165) is 34.1 Å². The fourth-order valence-corrected chi connectivity index (χ4v) is 4.19. The van der Waals surface area contributed by atoms with Crippen molar-refractivity contribution in [1.82, 2.24) is 24.7 Å². The predicted molar refractivity (Wildman–Crippen MR) is 129 cm³/mol. The topological polar surface area (TPSA) is 113 Å². The Hall–Kier alpha value is -3.79. The summed E-state index contributed by atoms with van der Waals surface area (Å²) in [5.74, 6) is 7.88. The Morgan fingerprint density at radius 3 is 2.52 bits per heavy atom. The van der Waals surface area contributed by atoms with Crippen LogP contribution >= 0.6 is 11.8 Å². The third-order valence-electron chi connectivity index (χ3n) is 5.13. The van der Waals surface area contributed by atoms with E-state index in [1.807, 2.05) is 73.1 Å². The Kier molecular flexibility index (Phi) is 6.64. The molecule has 2 aromatic carbocycles. The smallest absolute Gasteiger partial charge is 0.225 e. The number of thioether (sulfide) groups is 1. The second-order valence-electron chi connectivity index (χ2n) is 7.34. The number of nitrogens with two attached hydrogens (primary N) is 1. The molecule has 9 nitrogen and oxygen atoms in total. The molecule has 0 aliphatic carbocycles. The first-order valence-electron chi connectivity index (χ1n) is 10.4. The Morgan fingerprint density at radius 2 is 1.82 bits per heavy atom.